The highest BCUT2D eigenvalue weighted by Gasteiger charge is 2.23. The zero-order chi connectivity index (χ0) is 24.1. The quantitative estimate of drug-likeness (QED) is 0.439. The normalized spacial score (nSPS) is 11.8. The van der Waals surface area contributed by atoms with Gasteiger partial charge in [-0.2, -0.15) is 0 Å². The predicted molar refractivity (Wildman–Crippen MR) is 131 cm³/mol. The van der Waals surface area contributed by atoms with Crippen LogP contribution < -0.4 is 10.9 Å². The van der Waals surface area contributed by atoms with Gasteiger partial charge in [0.1, 0.15) is 16.5 Å². The second-order valence-corrected chi connectivity index (χ2v) is 10.1. The molecule has 0 fully saturated rings. The number of hydrazine groups is 1. The van der Waals surface area contributed by atoms with E-state index in [2.05, 4.69) is 53.1 Å². The maximum absolute atomic E-state index is 12.9. The van der Waals surface area contributed by atoms with Gasteiger partial charge in [0.15, 0.2) is 0 Å². The smallest absolute Gasteiger partial charge is 0.280 e. The molecule has 8 nitrogen and oxygen atoms in total. The van der Waals surface area contributed by atoms with Gasteiger partial charge in [0.25, 0.3) is 11.8 Å². The molecule has 0 saturated carbocycles. The molecule has 0 aliphatic carbocycles. The number of aromatic nitrogens is 4. The average Bonchev–Trinajstić information content (AvgIpc) is 3.26. The molecule has 2 amide bonds. The largest absolute Gasteiger partial charge is 0.329 e. The number of fused-ring (bicyclic) bond motifs is 2. The fourth-order valence-electron chi connectivity index (χ4n) is 3.92. The van der Waals surface area contributed by atoms with Crippen LogP contribution in [0.4, 0.5) is 0 Å². The molecule has 33 heavy (non-hydrogen) atoms. The monoisotopic (exact) mass is 464 g/mol. The van der Waals surface area contributed by atoms with Crippen LogP contribution in [0.25, 0.3) is 21.3 Å². The first-order valence-electron chi connectivity index (χ1n) is 10.9. The molecule has 0 bridgehead atoms. The minimum atomic E-state index is -0.404. The van der Waals surface area contributed by atoms with Gasteiger partial charge in [-0.1, -0.05) is 20.8 Å². The molecule has 0 atom stereocenters. The number of hydrogen-bond acceptors (Lipinski definition) is 6. The fraction of sp³-hybridized carbons (Fsp3) is 0.375. The van der Waals surface area contributed by atoms with Crippen LogP contribution in [0.1, 0.15) is 70.6 Å². The van der Waals surface area contributed by atoms with Crippen LogP contribution in [0.2, 0.25) is 0 Å². The van der Waals surface area contributed by atoms with Crippen LogP contribution in [0.15, 0.2) is 18.2 Å². The lowest BCUT2D eigenvalue weighted by atomic mass is 9.95. The predicted octanol–water partition coefficient (Wildman–Crippen LogP) is 4.36. The van der Waals surface area contributed by atoms with Crippen molar-refractivity contribution >= 4 is 44.4 Å². The Morgan fingerprint density at radius 2 is 1.73 bits per heavy atom. The molecule has 9 heteroatoms. The molecule has 3 heterocycles. The molecule has 0 saturated heterocycles. The summed E-state index contributed by atoms with van der Waals surface area (Å²) in [6, 6.07) is 5.34. The molecular weight excluding hydrogens is 436 g/mol. The molecule has 0 aliphatic heterocycles. The van der Waals surface area contributed by atoms with Gasteiger partial charge >= 0.3 is 0 Å². The summed E-state index contributed by atoms with van der Waals surface area (Å²) in [6.07, 6.45) is 0. The first-order chi connectivity index (χ1) is 15.5. The van der Waals surface area contributed by atoms with Crippen molar-refractivity contribution in [3.8, 4) is 0 Å². The van der Waals surface area contributed by atoms with Crippen molar-refractivity contribution in [2.24, 2.45) is 0 Å². The molecule has 2 N–H and O–H groups in total. The summed E-state index contributed by atoms with van der Waals surface area (Å²) in [4.78, 5) is 40.7. The maximum Gasteiger partial charge on any atom is 0.280 e. The Kier molecular flexibility index (Phi) is 5.69. The third kappa shape index (κ3) is 4.08. The molecule has 3 aromatic heterocycles. The Morgan fingerprint density at radius 1 is 1.03 bits per heavy atom. The molecule has 0 unspecified atom stereocenters. The van der Waals surface area contributed by atoms with Gasteiger partial charge < -0.3 is 4.57 Å². The number of rotatable bonds is 3. The van der Waals surface area contributed by atoms with Crippen LogP contribution >= 0.6 is 11.3 Å². The van der Waals surface area contributed by atoms with Crippen molar-refractivity contribution in [2.75, 3.05) is 0 Å². The SMILES string of the molecule is CCn1c(C)nc2cc(C(=O)NNC(=O)c3sc4nc(C(C)(C)C)nc(C)c4c3C)ccc21. The second-order valence-electron chi connectivity index (χ2n) is 9.13. The van der Waals surface area contributed by atoms with Gasteiger partial charge in [0.2, 0.25) is 0 Å². The molecular formula is C24H28N6O2S. The maximum atomic E-state index is 12.9. The molecule has 4 aromatic rings. The Labute approximate surface area is 196 Å². The number of benzene rings is 1. The second kappa shape index (κ2) is 8.22. The highest BCUT2D eigenvalue weighted by atomic mass is 32.1. The van der Waals surface area contributed by atoms with Crippen LogP contribution in [0, 0.1) is 20.8 Å². The Balaban J connectivity index is 1.55. The van der Waals surface area contributed by atoms with Gasteiger partial charge in [0.05, 0.1) is 21.6 Å². The highest BCUT2D eigenvalue weighted by molar-refractivity contribution is 7.20. The Hall–Kier alpha value is -3.33. The highest BCUT2D eigenvalue weighted by Crippen LogP contribution is 2.33. The summed E-state index contributed by atoms with van der Waals surface area (Å²) in [5.41, 5.74) is 8.66. The number of amides is 2. The van der Waals surface area contributed by atoms with Crippen LogP contribution in [-0.2, 0) is 12.0 Å². The van der Waals surface area contributed by atoms with E-state index < -0.39 is 5.91 Å². The first-order valence-corrected chi connectivity index (χ1v) is 11.7. The van der Waals surface area contributed by atoms with Crippen molar-refractivity contribution in [1.29, 1.82) is 0 Å². The zero-order valence-electron chi connectivity index (χ0n) is 20.0. The van der Waals surface area contributed by atoms with Gasteiger partial charge in [-0.15, -0.1) is 11.3 Å². The lowest BCUT2D eigenvalue weighted by Gasteiger charge is -2.16. The van der Waals surface area contributed by atoms with E-state index in [-0.39, 0.29) is 11.3 Å². The summed E-state index contributed by atoms with van der Waals surface area (Å²) in [5.74, 6) is 0.850. The van der Waals surface area contributed by atoms with Gasteiger partial charge in [-0.25, -0.2) is 15.0 Å². The summed E-state index contributed by atoms with van der Waals surface area (Å²) < 4.78 is 2.08. The van der Waals surface area contributed by atoms with Crippen molar-refractivity contribution in [3.05, 3.63) is 51.5 Å². The number of aryl methyl sites for hydroxylation is 4. The first kappa shape index (κ1) is 22.8. The molecule has 0 aliphatic rings. The van der Waals surface area contributed by atoms with E-state index >= 15 is 0 Å². The van der Waals surface area contributed by atoms with E-state index in [1.807, 2.05) is 26.8 Å². The van der Waals surface area contributed by atoms with Crippen molar-refractivity contribution < 1.29 is 9.59 Å². The average molecular weight is 465 g/mol. The number of nitrogens with one attached hydrogen (secondary N) is 2. The van der Waals surface area contributed by atoms with E-state index in [1.165, 1.54) is 11.3 Å². The number of hydrogen-bond donors (Lipinski definition) is 2. The Bertz CT molecular complexity index is 1410. The number of carbonyl (C=O) groups is 2. The number of carbonyl (C=O) groups excluding carboxylic acids is 2. The number of nitrogens with zero attached hydrogens (tertiary/aromatic N) is 4. The lowest BCUT2D eigenvalue weighted by Crippen LogP contribution is -2.41. The third-order valence-electron chi connectivity index (χ3n) is 5.66. The van der Waals surface area contributed by atoms with E-state index in [0.29, 0.717) is 10.4 Å². The van der Waals surface area contributed by atoms with Crippen molar-refractivity contribution in [1.82, 2.24) is 30.4 Å². The fourth-order valence-corrected chi connectivity index (χ4v) is 5.05. The van der Waals surface area contributed by atoms with Gasteiger partial charge in [-0.05, 0) is 51.5 Å². The lowest BCUT2D eigenvalue weighted by molar-refractivity contribution is 0.0848. The summed E-state index contributed by atoms with van der Waals surface area (Å²) in [5, 5.41) is 0.886. The molecule has 4 rings (SSSR count). The molecule has 0 spiro atoms. The van der Waals surface area contributed by atoms with E-state index in [1.54, 1.807) is 12.1 Å². The minimum absolute atomic E-state index is 0.195. The standard InChI is InChI=1S/C24H28N6O2S/c1-8-30-14(4)26-16-11-15(9-10-17(16)30)20(31)28-29-21(32)19-12(2)18-13(3)25-23(24(5,6)7)27-22(18)33-19/h9-11H,8H2,1-7H3,(H,28,31)(H,29,32). The third-order valence-corrected chi connectivity index (χ3v) is 6.84. The summed E-state index contributed by atoms with van der Waals surface area (Å²) in [6.45, 7) is 14.8. The van der Waals surface area contributed by atoms with Crippen LogP contribution in [0.3, 0.4) is 0 Å². The number of imidazole rings is 1. The van der Waals surface area contributed by atoms with Crippen molar-refractivity contribution in [3.63, 3.8) is 0 Å². The molecule has 172 valence electrons. The van der Waals surface area contributed by atoms with Gasteiger partial charge in [-0.3, -0.25) is 20.4 Å². The van der Waals surface area contributed by atoms with Crippen LogP contribution in [-0.4, -0.2) is 31.3 Å². The van der Waals surface area contributed by atoms with Crippen molar-refractivity contribution in [2.45, 2.75) is 60.4 Å². The molecule has 1 aromatic carbocycles. The van der Waals surface area contributed by atoms with Crippen LogP contribution in [0.5, 0.6) is 0 Å². The van der Waals surface area contributed by atoms with E-state index in [9.17, 15) is 9.59 Å². The summed E-state index contributed by atoms with van der Waals surface area (Å²) >= 11 is 1.31. The van der Waals surface area contributed by atoms with Gasteiger partial charge in [0, 0.05) is 22.9 Å². The topological polar surface area (TPSA) is 102 Å². The van der Waals surface area contributed by atoms with E-state index in [4.69, 9.17) is 4.98 Å². The number of thiophene rings is 1. The summed E-state index contributed by atoms with van der Waals surface area (Å²) in [7, 11) is 0. The molecule has 0 radical (unpaired) electrons. The zero-order valence-corrected chi connectivity index (χ0v) is 20.8. The minimum Gasteiger partial charge on any atom is -0.329 e. The Morgan fingerprint density at radius 3 is 2.39 bits per heavy atom. The van der Waals surface area contributed by atoms with E-state index in [0.717, 1.165) is 50.7 Å².